The summed E-state index contributed by atoms with van der Waals surface area (Å²) in [5.74, 6) is 0.643. The van der Waals surface area contributed by atoms with Crippen molar-refractivity contribution in [1.82, 2.24) is 0 Å². The largest absolute Gasteiger partial charge is 0.486 e. The Hall–Kier alpha value is -1.19. The smallest absolute Gasteiger partial charge is 0.144 e. The van der Waals surface area contributed by atoms with Crippen molar-refractivity contribution in [2.75, 3.05) is 5.73 Å². The molecule has 4 heteroatoms. The van der Waals surface area contributed by atoms with Crippen LogP contribution in [0.2, 0.25) is 5.02 Å². The Bertz CT molecular complexity index is 510. The number of hydrogen-bond donors (Lipinski definition) is 1. The van der Waals surface area contributed by atoms with E-state index in [0.717, 1.165) is 6.42 Å². The van der Waals surface area contributed by atoms with E-state index in [-0.39, 0.29) is 0 Å². The molecule has 1 aromatic heterocycles. The Balaban J connectivity index is 2.04. The van der Waals surface area contributed by atoms with E-state index >= 15 is 0 Å². The van der Waals surface area contributed by atoms with Gasteiger partial charge in [0, 0.05) is 20.8 Å². The maximum Gasteiger partial charge on any atom is 0.144 e. The molecule has 17 heavy (non-hydrogen) atoms. The Kier molecular flexibility index (Phi) is 3.92. The molecule has 0 radical (unpaired) electrons. The summed E-state index contributed by atoms with van der Waals surface area (Å²) < 4.78 is 5.66. The summed E-state index contributed by atoms with van der Waals surface area (Å²) in [5, 5.41) is 0.634. The molecule has 90 valence electrons. The molecule has 0 saturated heterocycles. The van der Waals surface area contributed by atoms with Gasteiger partial charge in [0.15, 0.2) is 0 Å². The fourth-order valence-corrected chi connectivity index (χ4v) is 2.51. The van der Waals surface area contributed by atoms with Crippen LogP contribution in [0.5, 0.6) is 5.75 Å². The molecule has 1 heterocycles. The van der Waals surface area contributed by atoms with E-state index in [9.17, 15) is 0 Å². The molecule has 0 aliphatic carbocycles. The average Bonchev–Trinajstić information content (AvgIpc) is 2.78. The number of anilines is 1. The van der Waals surface area contributed by atoms with Gasteiger partial charge in [-0.25, -0.2) is 0 Å². The summed E-state index contributed by atoms with van der Waals surface area (Å²) in [4.78, 5) is 2.56. The van der Waals surface area contributed by atoms with E-state index in [4.69, 9.17) is 22.1 Å². The van der Waals surface area contributed by atoms with E-state index < -0.39 is 0 Å². The molecule has 2 aromatic rings. The first-order valence-corrected chi connectivity index (χ1v) is 6.64. The molecular weight excluding hydrogens is 254 g/mol. The van der Waals surface area contributed by atoms with Crippen molar-refractivity contribution >= 4 is 28.6 Å². The van der Waals surface area contributed by atoms with Gasteiger partial charge in [0.1, 0.15) is 12.4 Å². The lowest BCUT2D eigenvalue weighted by molar-refractivity contribution is 0.311. The Labute approximate surface area is 110 Å². The second kappa shape index (κ2) is 5.43. The third-order valence-corrected chi connectivity index (χ3v) is 3.85. The zero-order valence-electron chi connectivity index (χ0n) is 9.57. The molecule has 0 aliphatic heterocycles. The lowest BCUT2D eigenvalue weighted by Crippen LogP contribution is -1.97. The number of thiophene rings is 1. The number of nitrogens with two attached hydrogens (primary N) is 1. The summed E-state index contributed by atoms with van der Waals surface area (Å²) in [6.45, 7) is 2.68. The van der Waals surface area contributed by atoms with Crippen LogP contribution in [-0.4, -0.2) is 0 Å². The second-order valence-electron chi connectivity index (χ2n) is 3.69. The molecule has 0 saturated carbocycles. The SMILES string of the molecule is CCc1ccc(COc2cc(Cl)ccc2N)s1. The predicted octanol–water partition coefficient (Wildman–Crippen LogP) is 4.13. The van der Waals surface area contributed by atoms with Crippen LogP contribution in [0.1, 0.15) is 16.7 Å². The molecule has 2 N–H and O–H groups in total. The molecule has 0 unspecified atom stereocenters. The van der Waals surface area contributed by atoms with E-state index in [0.29, 0.717) is 23.1 Å². The number of halogens is 1. The molecule has 0 bridgehead atoms. The van der Waals surface area contributed by atoms with Crippen LogP contribution in [0, 0.1) is 0 Å². The first kappa shape index (κ1) is 12.3. The summed E-state index contributed by atoms with van der Waals surface area (Å²) in [5.41, 5.74) is 6.42. The minimum atomic E-state index is 0.537. The van der Waals surface area contributed by atoms with Crippen LogP contribution in [0.25, 0.3) is 0 Å². The summed E-state index contributed by atoms with van der Waals surface area (Å²) >= 11 is 7.66. The molecular formula is C13H14ClNOS. The predicted molar refractivity (Wildman–Crippen MR) is 73.9 cm³/mol. The van der Waals surface area contributed by atoms with Crippen LogP contribution in [0.15, 0.2) is 30.3 Å². The van der Waals surface area contributed by atoms with Gasteiger partial charge in [-0.15, -0.1) is 11.3 Å². The van der Waals surface area contributed by atoms with Crippen molar-refractivity contribution in [2.45, 2.75) is 20.0 Å². The van der Waals surface area contributed by atoms with Gasteiger partial charge in [0.05, 0.1) is 5.69 Å². The first-order chi connectivity index (χ1) is 8.19. The van der Waals surface area contributed by atoms with Gasteiger partial charge >= 0.3 is 0 Å². The van der Waals surface area contributed by atoms with Gasteiger partial charge in [0.2, 0.25) is 0 Å². The molecule has 0 aliphatic rings. The van der Waals surface area contributed by atoms with Crippen LogP contribution in [-0.2, 0) is 13.0 Å². The zero-order valence-corrected chi connectivity index (χ0v) is 11.1. The molecule has 0 fully saturated rings. The minimum absolute atomic E-state index is 0.537. The van der Waals surface area contributed by atoms with Crippen molar-refractivity contribution in [3.8, 4) is 5.75 Å². The number of ether oxygens (including phenoxy) is 1. The Morgan fingerprint density at radius 2 is 2.00 bits per heavy atom. The fraction of sp³-hybridized carbons (Fsp3) is 0.231. The third kappa shape index (κ3) is 3.14. The van der Waals surface area contributed by atoms with Gasteiger partial charge in [-0.05, 0) is 30.7 Å². The number of nitrogen functional groups attached to an aromatic ring is 1. The lowest BCUT2D eigenvalue weighted by Gasteiger charge is -2.07. The third-order valence-electron chi connectivity index (χ3n) is 2.41. The zero-order chi connectivity index (χ0) is 12.3. The molecule has 0 amide bonds. The first-order valence-electron chi connectivity index (χ1n) is 5.44. The molecule has 1 aromatic carbocycles. The van der Waals surface area contributed by atoms with E-state index in [1.165, 1.54) is 9.75 Å². The second-order valence-corrected chi connectivity index (χ2v) is 5.38. The molecule has 2 rings (SSSR count). The normalized spacial score (nSPS) is 10.5. The summed E-state index contributed by atoms with van der Waals surface area (Å²) in [6, 6.07) is 9.47. The standard InChI is InChI=1S/C13H14ClNOS/c1-2-10-4-5-11(17-10)8-16-13-7-9(14)3-6-12(13)15/h3-7H,2,8,15H2,1H3. The van der Waals surface area contributed by atoms with Gasteiger partial charge in [-0.3, -0.25) is 0 Å². The number of aryl methyl sites for hydroxylation is 1. The minimum Gasteiger partial charge on any atom is -0.486 e. The molecule has 0 atom stereocenters. The topological polar surface area (TPSA) is 35.2 Å². The highest BCUT2D eigenvalue weighted by Gasteiger charge is 2.03. The fourth-order valence-electron chi connectivity index (χ4n) is 1.47. The van der Waals surface area contributed by atoms with E-state index in [2.05, 4.69) is 19.1 Å². The Morgan fingerprint density at radius 3 is 2.71 bits per heavy atom. The maximum absolute atomic E-state index is 5.89. The summed E-state index contributed by atoms with van der Waals surface area (Å²) in [6.07, 6.45) is 1.06. The average molecular weight is 268 g/mol. The van der Waals surface area contributed by atoms with Gasteiger partial charge in [0.25, 0.3) is 0 Å². The van der Waals surface area contributed by atoms with Crippen molar-refractivity contribution in [2.24, 2.45) is 0 Å². The molecule has 0 spiro atoms. The van der Waals surface area contributed by atoms with Gasteiger partial charge < -0.3 is 10.5 Å². The van der Waals surface area contributed by atoms with Crippen molar-refractivity contribution < 1.29 is 4.74 Å². The highest BCUT2D eigenvalue weighted by molar-refractivity contribution is 7.11. The highest BCUT2D eigenvalue weighted by atomic mass is 35.5. The van der Waals surface area contributed by atoms with Crippen LogP contribution in [0.3, 0.4) is 0 Å². The van der Waals surface area contributed by atoms with Crippen LogP contribution >= 0.6 is 22.9 Å². The van der Waals surface area contributed by atoms with Crippen molar-refractivity contribution in [3.63, 3.8) is 0 Å². The number of benzene rings is 1. The number of hydrogen-bond acceptors (Lipinski definition) is 3. The molecule has 2 nitrogen and oxygen atoms in total. The number of rotatable bonds is 4. The van der Waals surface area contributed by atoms with E-state index in [1.807, 2.05) is 0 Å². The monoisotopic (exact) mass is 267 g/mol. The van der Waals surface area contributed by atoms with Crippen LogP contribution < -0.4 is 10.5 Å². The van der Waals surface area contributed by atoms with Crippen molar-refractivity contribution in [1.29, 1.82) is 0 Å². The lowest BCUT2D eigenvalue weighted by atomic mass is 10.3. The van der Waals surface area contributed by atoms with Gasteiger partial charge in [-0.1, -0.05) is 18.5 Å². The maximum atomic E-state index is 5.89. The van der Waals surface area contributed by atoms with Crippen molar-refractivity contribution in [3.05, 3.63) is 45.1 Å². The van der Waals surface area contributed by atoms with Crippen LogP contribution in [0.4, 0.5) is 5.69 Å². The summed E-state index contributed by atoms with van der Waals surface area (Å²) in [7, 11) is 0. The quantitative estimate of drug-likeness (QED) is 0.846. The Morgan fingerprint density at radius 1 is 1.24 bits per heavy atom. The highest BCUT2D eigenvalue weighted by Crippen LogP contribution is 2.27. The van der Waals surface area contributed by atoms with Gasteiger partial charge in [-0.2, -0.15) is 0 Å². The van der Waals surface area contributed by atoms with E-state index in [1.54, 1.807) is 29.5 Å².